The van der Waals surface area contributed by atoms with Gasteiger partial charge in [-0.15, -0.1) is 0 Å². The Kier molecular flexibility index (Phi) is 2.60. The van der Waals surface area contributed by atoms with Crippen LogP contribution in [0.15, 0.2) is 0 Å². The number of carbonyl (C=O) groups excluding carboxylic acids is 1. The normalized spacial score (nSPS) is 11.4. The van der Waals surface area contributed by atoms with Crippen LogP contribution in [0.3, 0.4) is 0 Å². The van der Waals surface area contributed by atoms with Gasteiger partial charge >= 0.3 is 0 Å². The summed E-state index contributed by atoms with van der Waals surface area (Å²) in [6.07, 6.45) is 1.39. The van der Waals surface area contributed by atoms with E-state index in [0.717, 1.165) is 6.29 Å². The Labute approximate surface area is 48.0 Å². The number of carbonyl (C=O) groups is 1. The second-order valence-electron chi connectivity index (χ2n) is 1.82. The molecule has 6 N–H and O–H groups in total. The molecule has 0 aliphatic rings. The highest BCUT2D eigenvalue weighted by Crippen LogP contribution is 1.90. The summed E-state index contributed by atoms with van der Waals surface area (Å²) in [6, 6.07) is 0. The van der Waals surface area contributed by atoms with Crippen LogP contribution in [0.25, 0.3) is 0 Å². The van der Waals surface area contributed by atoms with Crippen LogP contribution in [0.2, 0.25) is 0 Å². The van der Waals surface area contributed by atoms with E-state index in [1.54, 1.807) is 0 Å². The van der Waals surface area contributed by atoms with Crippen LogP contribution in [0, 0.1) is 0 Å². The van der Waals surface area contributed by atoms with Crippen molar-refractivity contribution in [1.29, 1.82) is 0 Å². The Morgan fingerprint density at radius 2 is 1.88 bits per heavy atom. The molecular formula is C4H11N3O. The van der Waals surface area contributed by atoms with Gasteiger partial charge in [-0.2, -0.15) is 0 Å². The molecule has 0 spiro atoms. The van der Waals surface area contributed by atoms with E-state index in [1.807, 2.05) is 0 Å². The highest BCUT2D eigenvalue weighted by Gasteiger charge is 2.08. The molecule has 0 saturated carbocycles. The predicted molar refractivity (Wildman–Crippen MR) is 30.6 cm³/mol. The van der Waals surface area contributed by atoms with Gasteiger partial charge in [-0.1, -0.05) is 0 Å². The van der Waals surface area contributed by atoms with Gasteiger partial charge in [-0.25, -0.2) is 0 Å². The summed E-state index contributed by atoms with van der Waals surface area (Å²) < 4.78 is 0. The third-order valence-corrected chi connectivity index (χ3v) is 0.695. The van der Waals surface area contributed by atoms with Gasteiger partial charge in [0.15, 0.2) is 0 Å². The molecule has 0 aromatic rings. The van der Waals surface area contributed by atoms with E-state index in [4.69, 9.17) is 17.2 Å². The van der Waals surface area contributed by atoms with E-state index in [9.17, 15) is 4.79 Å². The Balaban J connectivity index is 3.24. The quantitative estimate of drug-likeness (QED) is 0.309. The minimum absolute atomic E-state index is 0.323. The van der Waals surface area contributed by atoms with E-state index in [0.29, 0.717) is 12.8 Å². The molecule has 0 radical (unpaired) electrons. The van der Waals surface area contributed by atoms with Crippen molar-refractivity contribution in [3.8, 4) is 0 Å². The van der Waals surface area contributed by atoms with Gasteiger partial charge in [-0.3, -0.25) is 0 Å². The third-order valence-electron chi connectivity index (χ3n) is 0.695. The summed E-state index contributed by atoms with van der Waals surface area (Å²) in [7, 11) is 0. The Morgan fingerprint density at radius 1 is 1.38 bits per heavy atom. The first-order valence-electron chi connectivity index (χ1n) is 2.36. The fourth-order valence-corrected chi connectivity index (χ4v) is 0.309. The van der Waals surface area contributed by atoms with E-state index < -0.39 is 5.79 Å². The number of rotatable bonds is 3. The zero-order valence-corrected chi connectivity index (χ0v) is 4.63. The molecule has 0 aliphatic carbocycles. The minimum atomic E-state index is -1.18. The lowest BCUT2D eigenvalue weighted by Crippen LogP contribution is -2.57. The van der Waals surface area contributed by atoms with Crippen molar-refractivity contribution < 1.29 is 4.79 Å². The molecule has 0 aromatic carbocycles. The van der Waals surface area contributed by atoms with Crippen LogP contribution in [0.1, 0.15) is 12.8 Å². The lowest BCUT2D eigenvalue weighted by Gasteiger charge is -2.15. The molecule has 4 heteroatoms. The number of nitrogens with two attached hydrogens (primary N) is 3. The van der Waals surface area contributed by atoms with E-state index >= 15 is 0 Å². The van der Waals surface area contributed by atoms with E-state index in [1.165, 1.54) is 0 Å². The molecular weight excluding hydrogens is 106 g/mol. The zero-order chi connectivity index (χ0) is 6.62. The number of hydrogen-bond donors (Lipinski definition) is 3. The van der Waals surface area contributed by atoms with Gasteiger partial charge in [0.2, 0.25) is 0 Å². The van der Waals surface area contributed by atoms with Gasteiger partial charge in [0, 0.05) is 6.42 Å². The highest BCUT2D eigenvalue weighted by molar-refractivity contribution is 5.49. The molecule has 0 fully saturated rings. The van der Waals surface area contributed by atoms with Crippen molar-refractivity contribution in [3.05, 3.63) is 0 Å². The third kappa shape index (κ3) is 5.55. The van der Waals surface area contributed by atoms with E-state index in [2.05, 4.69) is 0 Å². The average Bonchev–Trinajstić information content (AvgIpc) is 1.59. The maximum atomic E-state index is 9.68. The summed E-state index contributed by atoms with van der Waals surface area (Å²) in [5.74, 6) is -1.18. The fraction of sp³-hybridized carbons (Fsp3) is 0.750. The Hall–Kier alpha value is -0.450. The second-order valence-corrected chi connectivity index (χ2v) is 1.82. The molecule has 0 saturated heterocycles. The van der Waals surface area contributed by atoms with Gasteiger partial charge < -0.3 is 22.0 Å². The smallest absolute Gasteiger partial charge is 0.120 e. The first-order chi connectivity index (χ1) is 3.56. The summed E-state index contributed by atoms with van der Waals surface area (Å²) >= 11 is 0. The molecule has 0 bridgehead atoms. The minimum Gasteiger partial charge on any atom is -0.303 e. The van der Waals surface area contributed by atoms with Crippen LogP contribution >= 0.6 is 0 Å². The van der Waals surface area contributed by atoms with Crippen molar-refractivity contribution >= 4 is 6.29 Å². The topological polar surface area (TPSA) is 95.1 Å². The number of hydrogen-bond acceptors (Lipinski definition) is 4. The fourth-order valence-electron chi connectivity index (χ4n) is 0.309. The molecule has 0 atom stereocenters. The van der Waals surface area contributed by atoms with Crippen LogP contribution in [-0.4, -0.2) is 12.1 Å². The standard InChI is InChI=1S/C4H11N3O/c5-4(6,7)2-1-3-8/h3H,1-2,5-7H2. The van der Waals surface area contributed by atoms with Crippen molar-refractivity contribution in [2.45, 2.75) is 18.6 Å². The average molecular weight is 117 g/mol. The van der Waals surface area contributed by atoms with Gasteiger partial charge in [0.1, 0.15) is 12.1 Å². The largest absolute Gasteiger partial charge is 0.303 e. The summed E-state index contributed by atoms with van der Waals surface area (Å²) in [4.78, 5) is 9.68. The second kappa shape index (κ2) is 2.76. The van der Waals surface area contributed by atoms with E-state index in [-0.39, 0.29) is 0 Å². The lowest BCUT2D eigenvalue weighted by atomic mass is 10.2. The van der Waals surface area contributed by atoms with Crippen LogP contribution in [0.4, 0.5) is 0 Å². The van der Waals surface area contributed by atoms with Crippen molar-refractivity contribution in [2.24, 2.45) is 17.2 Å². The maximum Gasteiger partial charge on any atom is 0.120 e. The maximum absolute atomic E-state index is 9.68. The lowest BCUT2D eigenvalue weighted by molar-refractivity contribution is -0.108. The molecule has 48 valence electrons. The first-order valence-corrected chi connectivity index (χ1v) is 2.36. The van der Waals surface area contributed by atoms with Gasteiger partial charge in [0.25, 0.3) is 0 Å². The monoisotopic (exact) mass is 117 g/mol. The molecule has 0 unspecified atom stereocenters. The zero-order valence-electron chi connectivity index (χ0n) is 4.63. The SMILES string of the molecule is NC(N)(N)CCC=O. The van der Waals surface area contributed by atoms with Crippen LogP contribution in [0.5, 0.6) is 0 Å². The molecule has 4 nitrogen and oxygen atoms in total. The van der Waals surface area contributed by atoms with Gasteiger partial charge in [-0.05, 0) is 6.42 Å². The first kappa shape index (κ1) is 7.55. The number of aldehydes is 1. The molecule has 0 amide bonds. The molecule has 0 heterocycles. The Morgan fingerprint density at radius 3 is 2.00 bits per heavy atom. The molecule has 8 heavy (non-hydrogen) atoms. The highest BCUT2D eigenvalue weighted by atomic mass is 16.1. The summed E-state index contributed by atoms with van der Waals surface area (Å²) in [5, 5.41) is 0. The van der Waals surface area contributed by atoms with Crippen molar-refractivity contribution in [2.75, 3.05) is 0 Å². The summed E-state index contributed by atoms with van der Waals surface area (Å²) in [5.41, 5.74) is 15.4. The van der Waals surface area contributed by atoms with Gasteiger partial charge in [0.05, 0.1) is 0 Å². The molecule has 0 aromatic heterocycles. The van der Waals surface area contributed by atoms with Crippen molar-refractivity contribution in [3.63, 3.8) is 0 Å². The Bertz CT molecular complexity index is 75.8. The predicted octanol–water partition coefficient (Wildman–Crippen LogP) is -1.50. The summed E-state index contributed by atoms with van der Waals surface area (Å²) in [6.45, 7) is 0. The molecule has 0 aliphatic heterocycles. The molecule has 0 rings (SSSR count). The van der Waals surface area contributed by atoms with Crippen molar-refractivity contribution in [1.82, 2.24) is 0 Å². The van der Waals surface area contributed by atoms with Crippen LogP contribution in [-0.2, 0) is 4.79 Å². The van der Waals surface area contributed by atoms with Crippen LogP contribution < -0.4 is 17.2 Å².